The second kappa shape index (κ2) is 4.67. The number of hydrogen-bond acceptors (Lipinski definition) is 5. The molecule has 1 heterocycles. The van der Waals surface area contributed by atoms with E-state index in [2.05, 4.69) is 4.72 Å². The normalized spacial score (nSPS) is 47.4. The average molecular weight is 315 g/mol. The van der Waals surface area contributed by atoms with Crippen molar-refractivity contribution >= 4 is 15.9 Å². The summed E-state index contributed by atoms with van der Waals surface area (Å²) in [5, 5.41) is -0.790. The highest BCUT2D eigenvalue weighted by atomic mass is 32.2. The Balaban J connectivity index is 1.43. The molecular formula is C14H21NO5S. The molecule has 21 heavy (non-hydrogen) atoms. The fraction of sp³-hybridized carbons (Fsp3) is 0.929. The van der Waals surface area contributed by atoms with Crippen LogP contribution in [-0.2, 0) is 24.3 Å². The molecule has 2 bridgehead atoms. The van der Waals surface area contributed by atoms with Gasteiger partial charge in [-0.3, -0.25) is 9.52 Å². The first-order valence-corrected chi connectivity index (χ1v) is 9.23. The molecule has 4 fully saturated rings. The van der Waals surface area contributed by atoms with Gasteiger partial charge in [0.1, 0.15) is 11.4 Å². The Morgan fingerprint density at radius 3 is 2.48 bits per heavy atom. The lowest BCUT2D eigenvalue weighted by atomic mass is 10.0. The maximum Gasteiger partial charge on any atom is 0.242 e. The number of carbonyl (C=O) groups excluding carboxylic acids is 1. The Morgan fingerprint density at radius 2 is 1.86 bits per heavy atom. The van der Waals surface area contributed by atoms with Gasteiger partial charge in [0.05, 0.1) is 13.2 Å². The number of carbonyl (C=O) groups is 1. The molecule has 3 saturated carbocycles. The highest BCUT2D eigenvalue weighted by Crippen LogP contribution is 2.69. The van der Waals surface area contributed by atoms with Crippen molar-refractivity contribution in [1.29, 1.82) is 0 Å². The Kier molecular flexibility index (Phi) is 3.10. The number of rotatable bonds is 4. The van der Waals surface area contributed by atoms with Crippen molar-refractivity contribution in [3.8, 4) is 0 Å². The molecule has 4 rings (SSSR count). The number of fused-ring (bicyclic) bond motifs is 5. The van der Waals surface area contributed by atoms with Crippen molar-refractivity contribution < 1.29 is 22.7 Å². The van der Waals surface area contributed by atoms with E-state index in [1.807, 2.05) is 0 Å². The summed E-state index contributed by atoms with van der Waals surface area (Å²) < 4.78 is 37.3. The van der Waals surface area contributed by atoms with E-state index in [-0.39, 0.29) is 25.0 Å². The second-order valence-electron chi connectivity index (χ2n) is 6.88. The van der Waals surface area contributed by atoms with Crippen LogP contribution in [0, 0.1) is 29.6 Å². The van der Waals surface area contributed by atoms with E-state index in [1.54, 1.807) is 0 Å². The quantitative estimate of drug-likeness (QED) is 0.798. The van der Waals surface area contributed by atoms with Crippen molar-refractivity contribution in [3.05, 3.63) is 0 Å². The van der Waals surface area contributed by atoms with Crippen LogP contribution in [0.2, 0.25) is 0 Å². The zero-order chi connectivity index (χ0) is 14.8. The third-order valence-corrected chi connectivity index (χ3v) is 7.68. The minimum absolute atomic E-state index is 0.0747. The number of amides is 1. The Morgan fingerprint density at radius 1 is 1.19 bits per heavy atom. The SMILES string of the molecule is COC1COCC1S(=O)(=O)NC(=O)C1[C@@H]2[C@H]3CC[C@H](C3)[C@H]12. The molecule has 6 nitrogen and oxygen atoms in total. The van der Waals surface area contributed by atoms with Crippen molar-refractivity contribution in [1.82, 2.24) is 4.72 Å². The van der Waals surface area contributed by atoms with Crippen LogP contribution >= 0.6 is 0 Å². The molecule has 0 aromatic heterocycles. The monoisotopic (exact) mass is 315 g/mol. The molecule has 7 atom stereocenters. The summed E-state index contributed by atoms with van der Waals surface area (Å²) in [5.41, 5.74) is 0. The van der Waals surface area contributed by atoms with Crippen molar-refractivity contribution in [2.45, 2.75) is 30.6 Å². The van der Waals surface area contributed by atoms with Crippen LogP contribution in [0.4, 0.5) is 0 Å². The fourth-order valence-electron chi connectivity index (χ4n) is 4.98. The molecule has 1 N–H and O–H groups in total. The summed E-state index contributed by atoms with van der Waals surface area (Å²) >= 11 is 0. The smallest absolute Gasteiger partial charge is 0.242 e. The van der Waals surface area contributed by atoms with Gasteiger partial charge < -0.3 is 9.47 Å². The molecule has 7 heteroatoms. The highest BCUT2D eigenvalue weighted by Gasteiger charge is 2.67. The zero-order valence-corrected chi connectivity index (χ0v) is 12.8. The van der Waals surface area contributed by atoms with Crippen LogP contribution in [0.15, 0.2) is 0 Å². The molecular weight excluding hydrogens is 294 g/mol. The predicted octanol–water partition coefficient (Wildman–Crippen LogP) is 0.138. The number of ether oxygens (including phenoxy) is 2. The lowest BCUT2D eigenvalue weighted by molar-refractivity contribution is -0.121. The average Bonchev–Trinajstić information content (AvgIpc) is 2.85. The first-order valence-electron chi connectivity index (χ1n) is 7.69. The van der Waals surface area contributed by atoms with Crippen LogP contribution in [0.1, 0.15) is 19.3 Å². The van der Waals surface area contributed by atoms with Crippen molar-refractivity contribution in [3.63, 3.8) is 0 Å². The van der Waals surface area contributed by atoms with Gasteiger partial charge >= 0.3 is 0 Å². The first kappa shape index (κ1) is 14.0. The summed E-state index contributed by atoms with van der Waals surface area (Å²) in [7, 11) is -2.26. The van der Waals surface area contributed by atoms with Crippen LogP contribution in [0.5, 0.6) is 0 Å². The van der Waals surface area contributed by atoms with Gasteiger partial charge in [-0.2, -0.15) is 0 Å². The third-order valence-electron chi connectivity index (χ3n) is 5.96. The molecule has 1 aliphatic heterocycles. The maximum absolute atomic E-state index is 12.4. The van der Waals surface area contributed by atoms with Gasteiger partial charge in [-0.25, -0.2) is 8.42 Å². The van der Waals surface area contributed by atoms with Crippen LogP contribution < -0.4 is 4.72 Å². The van der Waals surface area contributed by atoms with Crippen LogP contribution in [0.3, 0.4) is 0 Å². The molecule has 118 valence electrons. The zero-order valence-electron chi connectivity index (χ0n) is 12.0. The van der Waals surface area contributed by atoms with E-state index in [1.165, 1.54) is 26.4 Å². The summed E-state index contributed by atoms with van der Waals surface area (Å²) in [6.07, 6.45) is 3.17. The molecule has 4 aliphatic rings. The van der Waals surface area contributed by atoms with Gasteiger partial charge in [0.2, 0.25) is 15.9 Å². The van der Waals surface area contributed by atoms with E-state index in [0.717, 1.165) is 0 Å². The molecule has 1 amide bonds. The number of nitrogens with one attached hydrogen (secondary N) is 1. The topological polar surface area (TPSA) is 81.7 Å². The molecule has 0 spiro atoms. The molecule has 3 aliphatic carbocycles. The standard InChI is InChI=1S/C14H21NO5S/c1-19-9-5-20-6-10(9)21(17,18)15-14(16)13-11-7-2-3-8(4-7)12(11)13/h7-13H,2-6H2,1H3,(H,15,16)/t7-,8+,9?,10?,11+,12-,13?. The summed E-state index contributed by atoms with van der Waals surface area (Å²) in [4.78, 5) is 12.3. The number of hydrogen-bond donors (Lipinski definition) is 1. The van der Waals surface area contributed by atoms with Gasteiger partial charge in [-0.1, -0.05) is 0 Å². The molecule has 1 saturated heterocycles. The third kappa shape index (κ3) is 2.04. The summed E-state index contributed by atoms with van der Waals surface area (Å²) in [6.45, 7) is 0.346. The maximum atomic E-state index is 12.4. The fourth-order valence-corrected chi connectivity index (χ4v) is 6.42. The Labute approximate surface area is 124 Å². The summed E-state index contributed by atoms with van der Waals surface area (Å²) in [6, 6.07) is 0. The van der Waals surface area contributed by atoms with Crippen molar-refractivity contribution in [2.75, 3.05) is 20.3 Å². The molecule has 3 unspecified atom stereocenters. The largest absolute Gasteiger partial charge is 0.378 e. The Bertz CT molecular complexity index is 546. The van der Waals surface area contributed by atoms with Crippen molar-refractivity contribution in [2.24, 2.45) is 29.6 Å². The van der Waals surface area contributed by atoms with Gasteiger partial charge in [-0.15, -0.1) is 0 Å². The molecule has 0 aromatic carbocycles. The van der Waals surface area contributed by atoms with E-state index < -0.39 is 21.4 Å². The van der Waals surface area contributed by atoms with E-state index in [0.29, 0.717) is 23.7 Å². The minimum atomic E-state index is -3.72. The molecule has 0 radical (unpaired) electrons. The van der Waals surface area contributed by atoms with Gasteiger partial charge in [0, 0.05) is 13.0 Å². The second-order valence-corrected chi connectivity index (χ2v) is 8.77. The lowest BCUT2D eigenvalue weighted by Gasteiger charge is -2.17. The molecule has 0 aromatic rings. The van der Waals surface area contributed by atoms with E-state index >= 15 is 0 Å². The van der Waals surface area contributed by atoms with Crippen LogP contribution in [-0.4, -0.2) is 46.0 Å². The summed E-state index contributed by atoms with van der Waals surface area (Å²) in [5.74, 6) is 1.81. The lowest BCUT2D eigenvalue weighted by Crippen LogP contribution is -2.45. The first-order chi connectivity index (χ1) is 10.0. The number of methoxy groups -OCH3 is 1. The number of sulfonamides is 1. The van der Waals surface area contributed by atoms with Gasteiger partial charge in [-0.05, 0) is 42.9 Å². The van der Waals surface area contributed by atoms with Gasteiger partial charge in [0.15, 0.2) is 0 Å². The Hall–Kier alpha value is -0.660. The highest BCUT2D eigenvalue weighted by molar-refractivity contribution is 7.90. The minimum Gasteiger partial charge on any atom is -0.378 e. The van der Waals surface area contributed by atoms with E-state index in [9.17, 15) is 13.2 Å². The van der Waals surface area contributed by atoms with Gasteiger partial charge in [0.25, 0.3) is 0 Å². The van der Waals surface area contributed by atoms with E-state index in [4.69, 9.17) is 9.47 Å². The predicted molar refractivity (Wildman–Crippen MR) is 73.8 cm³/mol. The van der Waals surface area contributed by atoms with Crippen LogP contribution in [0.25, 0.3) is 0 Å².